The average Bonchev–Trinajstić information content (AvgIpc) is 2.42. The molecule has 18 heavy (non-hydrogen) atoms. The van der Waals surface area contributed by atoms with Crippen LogP contribution in [-0.2, 0) is 17.9 Å². The molecule has 1 aliphatic rings. The van der Waals surface area contributed by atoms with Crippen LogP contribution >= 0.6 is 15.9 Å². The molecule has 0 spiro atoms. The van der Waals surface area contributed by atoms with Crippen LogP contribution in [-0.4, -0.2) is 6.61 Å². The lowest BCUT2D eigenvalue weighted by molar-refractivity contribution is 0.0736. The number of rotatable bonds is 5. The molecular weight excluding hydrogens is 290 g/mol. The number of ether oxygens (including phenoxy) is 1. The highest BCUT2D eigenvalue weighted by Gasteiger charge is 2.13. The molecule has 0 aliphatic heterocycles. The first-order valence-electron chi connectivity index (χ1n) is 6.84. The van der Waals surface area contributed by atoms with E-state index < -0.39 is 0 Å². The number of benzene rings is 1. The van der Waals surface area contributed by atoms with Gasteiger partial charge in [0.05, 0.1) is 6.61 Å². The molecule has 100 valence electrons. The molecule has 1 fully saturated rings. The van der Waals surface area contributed by atoms with Crippen molar-refractivity contribution >= 4 is 15.9 Å². The molecule has 2 rings (SSSR count). The second-order valence-corrected chi connectivity index (χ2v) is 6.00. The smallest absolute Gasteiger partial charge is 0.0727 e. The van der Waals surface area contributed by atoms with E-state index in [4.69, 9.17) is 10.5 Å². The Labute approximate surface area is 118 Å². The van der Waals surface area contributed by atoms with Crippen LogP contribution in [0.4, 0.5) is 0 Å². The molecule has 3 heteroatoms. The van der Waals surface area contributed by atoms with Crippen LogP contribution in [0.1, 0.15) is 43.2 Å². The summed E-state index contributed by atoms with van der Waals surface area (Å²) in [5, 5.41) is 0. The second-order valence-electron chi connectivity index (χ2n) is 5.15. The highest BCUT2D eigenvalue weighted by molar-refractivity contribution is 9.10. The lowest BCUT2D eigenvalue weighted by Gasteiger charge is -2.21. The number of hydrogen-bond donors (Lipinski definition) is 1. The van der Waals surface area contributed by atoms with Crippen LogP contribution in [0.25, 0.3) is 0 Å². The summed E-state index contributed by atoms with van der Waals surface area (Å²) in [7, 11) is 0. The summed E-state index contributed by atoms with van der Waals surface area (Å²) in [6, 6.07) is 6.26. The van der Waals surface area contributed by atoms with Crippen LogP contribution in [0.15, 0.2) is 22.7 Å². The Kier molecular flexibility index (Phi) is 5.67. The Morgan fingerprint density at radius 1 is 1.22 bits per heavy atom. The van der Waals surface area contributed by atoms with Gasteiger partial charge in [0.25, 0.3) is 0 Å². The molecule has 0 bridgehead atoms. The normalized spacial score (nSPS) is 17.0. The number of halogens is 1. The summed E-state index contributed by atoms with van der Waals surface area (Å²) < 4.78 is 6.96. The minimum atomic E-state index is 0.585. The third kappa shape index (κ3) is 4.08. The first-order valence-corrected chi connectivity index (χ1v) is 7.64. The van der Waals surface area contributed by atoms with Gasteiger partial charge in [0.2, 0.25) is 0 Å². The molecule has 1 aliphatic carbocycles. The topological polar surface area (TPSA) is 35.2 Å². The lowest BCUT2D eigenvalue weighted by atomic mass is 9.90. The van der Waals surface area contributed by atoms with Crippen LogP contribution in [0.2, 0.25) is 0 Å². The molecule has 0 unspecified atom stereocenters. The van der Waals surface area contributed by atoms with Crippen LogP contribution in [0.3, 0.4) is 0 Å². The van der Waals surface area contributed by atoms with Crippen molar-refractivity contribution in [3.8, 4) is 0 Å². The number of nitrogens with two attached hydrogens (primary N) is 1. The van der Waals surface area contributed by atoms with Crippen molar-refractivity contribution in [2.45, 2.75) is 45.3 Å². The third-order valence-electron chi connectivity index (χ3n) is 3.69. The fourth-order valence-corrected chi connectivity index (χ4v) is 3.06. The molecule has 0 saturated heterocycles. The molecule has 0 heterocycles. The Morgan fingerprint density at radius 2 is 2.00 bits per heavy atom. The molecule has 2 N–H and O–H groups in total. The van der Waals surface area contributed by atoms with Crippen LogP contribution in [0.5, 0.6) is 0 Å². The third-order valence-corrected chi connectivity index (χ3v) is 4.43. The van der Waals surface area contributed by atoms with Crippen molar-refractivity contribution in [1.82, 2.24) is 0 Å². The average molecular weight is 312 g/mol. The predicted molar refractivity (Wildman–Crippen MR) is 78.3 cm³/mol. The zero-order chi connectivity index (χ0) is 12.8. The standard InChI is InChI=1S/C15H22BrNO/c16-15-8-13(9-17)6-7-14(15)11-18-10-12-4-2-1-3-5-12/h6-8,12H,1-5,9-11,17H2. The molecule has 1 aromatic carbocycles. The summed E-state index contributed by atoms with van der Waals surface area (Å²) in [6.07, 6.45) is 6.84. The monoisotopic (exact) mass is 311 g/mol. The second kappa shape index (κ2) is 7.27. The fraction of sp³-hybridized carbons (Fsp3) is 0.600. The summed E-state index contributed by atoms with van der Waals surface area (Å²) in [5.74, 6) is 0.779. The first-order chi connectivity index (χ1) is 8.79. The van der Waals surface area contributed by atoms with Crippen molar-refractivity contribution in [1.29, 1.82) is 0 Å². The molecule has 0 radical (unpaired) electrons. The zero-order valence-corrected chi connectivity index (χ0v) is 12.4. The summed E-state index contributed by atoms with van der Waals surface area (Å²) in [5.41, 5.74) is 7.98. The molecule has 0 aromatic heterocycles. The molecule has 1 aromatic rings. The number of hydrogen-bond acceptors (Lipinski definition) is 2. The van der Waals surface area contributed by atoms with Gasteiger partial charge in [-0.15, -0.1) is 0 Å². The van der Waals surface area contributed by atoms with E-state index in [2.05, 4.69) is 34.1 Å². The van der Waals surface area contributed by atoms with Gasteiger partial charge >= 0.3 is 0 Å². The SMILES string of the molecule is NCc1ccc(COCC2CCCCC2)c(Br)c1. The van der Waals surface area contributed by atoms with Crippen molar-refractivity contribution in [2.24, 2.45) is 11.7 Å². The maximum absolute atomic E-state index is 5.85. The summed E-state index contributed by atoms with van der Waals surface area (Å²) in [6.45, 7) is 2.19. The minimum absolute atomic E-state index is 0.585. The van der Waals surface area contributed by atoms with Gasteiger partial charge in [-0.3, -0.25) is 0 Å². The van der Waals surface area contributed by atoms with Crippen molar-refractivity contribution < 1.29 is 4.74 Å². The predicted octanol–water partition coefficient (Wildman–Crippen LogP) is 4.00. The van der Waals surface area contributed by atoms with Gasteiger partial charge in [-0.25, -0.2) is 0 Å². The minimum Gasteiger partial charge on any atom is -0.376 e. The van der Waals surface area contributed by atoms with E-state index in [-0.39, 0.29) is 0 Å². The van der Waals surface area contributed by atoms with Gasteiger partial charge in [0, 0.05) is 17.6 Å². The lowest BCUT2D eigenvalue weighted by Crippen LogP contribution is -2.13. The maximum Gasteiger partial charge on any atom is 0.0727 e. The highest BCUT2D eigenvalue weighted by atomic mass is 79.9. The molecule has 0 amide bonds. The Bertz CT molecular complexity index is 375. The molecule has 2 nitrogen and oxygen atoms in total. The van der Waals surface area contributed by atoms with Crippen molar-refractivity contribution in [3.63, 3.8) is 0 Å². The van der Waals surface area contributed by atoms with E-state index in [0.29, 0.717) is 13.2 Å². The molecule has 1 saturated carbocycles. The van der Waals surface area contributed by atoms with Crippen LogP contribution < -0.4 is 5.73 Å². The van der Waals surface area contributed by atoms with Gasteiger partial charge in [-0.2, -0.15) is 0 Å². The Morgan fingerprint density at radius 3 is 2.67 bits per heavy atom. The van der Waals surface area contributed by atoms with E-state index >= 15 is 0 Å². The summed E-state index contributed by atoms with van der Waals surface area (Å²) >= 11 is 3.58. The van der Waals surface area contributed by atoms with Crippen molar-refractivity contribution in [3.05, 3.63) is 33.8 Å². The Balaban J connectivity index is 1.79. The van der Waals surface area contributed by atoms with Crippen molar-refractivity contribution in [2.75, 3.05) is 6.61 Å². The van der Waals surface area contributed by atoms with Gasteiger partial charge in [0.1, 0.15) is 0 Å². The van der Waals surface area contributed by atoms with Gasteiger partial charge in [0.15, 0.2) is 0 Å². The zero-order valence-electron chi connectivity index (χ0n) is 10.8. The van der Waals surface area contributed by atoms with E-state index in [1.807, 2.05) is 0 Å². The van der Waals surface area contributed by atoms with E-state index in [1.54, 1.807) is 0 Å². The summed E-state index contributed by atoms with van der Waals surface area (Å²) in [4.78, 5) is 0. The van der Waals surface area contributed by atoms with Crippen LogP contribution in [0, 0.1) is 5.92 Å². The van der Waals surface area contributed by atoms with E-state index in [9.17, 15) is 0 Å². The largest absolute Gasteiger partial charge is 0.376 e. The van der Waals surface area contributed by atoms with E-state index in [1.165, 1.54) is 37.7 Å². The highest BCUT2D eigenvalue weighted by Crippen LogP contribution is 2.25. The fourth-order valence-electron chi connectivity index (χ4n) is 2.52. The maximum atomic E-state index is 5.85. The molecule has 0 atom stereocenters. The quantitative estimate of drug-likeness (QED) is 0.892. The van der Waals surface area contributed by atoms with Gasteiger partial charge < -0.3 is 10.5 Å². The first kappa shape index (κ1) is 14.0. The Hall–Kier alpha value is -0.380. The van der Waals surface area contributed by atoms with Gasteiger partial charge in [-0.05, 0) is 36.0 Å². The van der Waals surface area contributed by atoms with E-state index in [0.717, 1.165) is 22.6 Å². The van der Waals surface area contributed by atoms with Gasteiger partial charge in [-0.1, -0.05) is 47.3 Å². The molecular formula is C15H22BrNO.